The third-order valence-corrected chi connectivity index (χ3v) is 4.17. The van der Waals surface area contributed by atoms with Crippen LogP contribution in [0.25, 0.3) is 6.08 Å². The Bertz CT molecular complexity index is 1030. The van der Waals surface area contributed by atoms with Gasteiger partial charge in [0.25, 0.3) is 11.8 Å². The molecule has 0 atom stereocenters. The number of urea groups is 1. The zero-order valence-electron chi connectivity index (χ0n) is 13.4. The van der Waals surface area contributed by atoms with E-state index in [-0.39, 0.29) is 16.8 Å². The second-order valence-corrected chi connectivity index (χ2v) is 6.36. The Labute approximate surface area is 160 Å². The predicted octanol–water partition coefficient (Wildman–Crippen LogP) is 2.73. The minimum Gasteiger partial charge on any atom is -0.502 e. The van der Waals surface area contributed by atoms with Crippen molar-refractivity contribution in [3.8, 4) is 5.75 Å². The molecule has 1 aliphatic rings. The van der Waals surface area contributed by atoms with Gasteiger partial charge in [-0.1, -0.05) is 28.1 Å². The van der Waals surface area contributed by atoms with Gasteiger partial charge in [-0.3, -0.25) is 25.0 Å². The van der Waals surface area contributed by atoms with Gasteiger partial charge in [-0.05, 0) is 35.9 Å². The number of nitro groups is 1. The molecular formula is C17H10BrN3O6. The number of carbonyl (C=O) groups excluding carboxylic acids is 3. The summed E-state index contributed by atoms with van der Waals surface area (Å²) < 4.78 is 0.622. The van der Waals surface area contributed by atoms with Crippen molar-refractivity contribution in [3.05, 3.63) is 68.2 Å². The molecule has 1 aliphatic heterocycles. The van der Waals surface area contributed by atoms with Crippen molar-refractivity contribution in [2.24, 2.45) is 0 Å². The van der Waals surface area contributed by atoms with Crippen LogP contribution in [0.1, 0.15) is 5.56 Å². The van der Waals surface area contributed by atoms with E-state index in [9.17, 15) is 29.6 Å². The number of aromatic hydroxyl groups is 1. The van der Waals surface area contributed by atoms with E-state index in [1.54, 1.807) is 12.1 Å². The highest BCUT2D eigenvalue weighted by molar-refractivity contribution is 9.10. The van der Waals surface area contributed by atoms with Gasteiger partial charge in [0.15, 0.2) is 5.75 Å². The molecule has 10 heteroatoms. The number of amides is 4. The molecular weight excluding hydrogens is 422 g/mol. The van der Waals surface area contributed by atoms with Crippen LogP contribution in [0.15, 0.2) is 52.5 Å². The molecule has 136 valence electrons. The third-order valence-electron chi connectivity index (χ3n) is 3.68. The van der Waals surface area contributed by atoms with Gasteiger partial charge in [-0.15, -0.1) is 0 Å². The summed E-state index contributed by atoms with van der Waals surface area (Å²) >= 11 is 3.24. The number of halogens is 1. The smallest absolute Gasteiger partial charge is 0.335 e. The Kier molecular flexibility index (Phi) is 4.74. The van der Waals surface area contributed by atoms with Crippen LogP contribution in [0, 0.1) is 10.1 Å². The highest BCUT2D eigenvalue weighted by Gasteiger charge is 2.37. The van der Waals surface area contributed by atoms with Gasteiger partial charge in [-0.25, -0.2) is 9.69 Å². The van der Waals surface area contributed by atoms with E-state index in [4.69, 9.17) is 0 Å². The molecule has 2 N–H and O–H groups in total. The lowest BCUT2D eigenvalue weighted by atomic mass is 10.1. The Morgan fingerprint density at radius 1 is 1.15 bits per heavy atom. The predicted molar refractivity (Wildman–Crippen MR) is 97.9 cm³/mol. The second-order valence-electron chi connectivity index (χ2n) is 5.44. The summed E-state index contributed by atoms with van der Waals surface area (Å²) in [5, 5.41) is 22.5. The molecule has 0 radical (unpaired) electrons. The Morgan fingerprint density at radius 3 is 2.56 bits per heavy atom. The number of barbiturate groups is 1. The standard InChI is InChI=1S/C17H10BrN3O6/c18-10-2-1-3-11(8-10)20-16(24)12(15(23)19-17(20)25)6-9-4-5-14(22)13(7-9)21(26)27/h1-8,22H,(H,19,23,25). The van der Waals surface area contributed by atoms with E-state index in [2.05, 4.69) is 21.2 Å². The zero-order valence-corrected chi connectivity index (χ0v) is 15.0. The number of imide groups is 2. The number of benzene rings is 2. The first kappa shape index (κ1) is 18.3. The number of anilines is 1. The molecule has 1 heterocycles. The lowest BCUT2D eigenvalue weighted by Crippen LogP contribution is -2.54. The van der Waals surface area contributed by atoms with Crippen molar-refractivity contribution in [2.75, 3.05) is 4.90 Å². The van der Waals surface area contributed by atoms with E-state index in [1.165, 1.54) is 18.2 Å². The second kappa shape index (κ2) is 7.00. The summed E-state index contributed by atoms with van der Waals surface area (Å²) in [4.78, 5) is 47.9. The molecule has 27 heavy (non-hydrogen) atoms. The number of carbonyl (C=O) groups is 3. The highest BCUT2D eigenvalue weighted by Crippen LogP contribution is 2.29. The normalized spacial score (nSPS) is 15.8. The van der Waals surface area contributed by atoms with Crippen LogP contribution >= 0.6 is 15.9 Å². The number of phenols is 1. The quantitative estimate of drug-likeness (QED) is 0.332. The van der Waals surface area contributed by atoms with Crippen LogP contribution in [0.5, 0.6) is 5.75 Å². The van der Waals surface area contributed by atoms with E-state index >= 15 is 0 Å². The Morgan fingerprint density at radius 2 is 1.89 bits per heavy atom. The summed E-state index contributed by atoms with van der Waals surface area (Å²) in [6, 6.07) is 8.84. The molecule has 2 aromatic rings. The first-order valence-corrected chi connectivity index (χ1v) is 8.21. The van der Waals surface area contributed by atoms with E-state index in [0.29, 0.717) is 4.47 Å². The lowest BCUT2D eigenvalue weighted by Gasteiger charge is -2.26. The monoisotopic (exact) mass is 431 g/mol. The van der Waals surface area contributed by atoms with Crippen LogP contribution < -0.4 is 10.2 Å². The van der Waals surface area contributed by atoms with Crippen molar-refractivity contribution in [2.45, 2.75) is 0 Å². The maximum absolute atomic E-state index is 12.7. The van der Waals surface area contributed by atoms with Crippen LogP contribution in [0.2, 0.25) is 0 Å². The maximum Gasteiger partial charge on any atom is 0.335 e. The fourth-order valence-corrected chi connectivity index (χ4v) is 2.84. The van der Waals surface area contributed by atoms with Gasteiger partial charge in [0.05, 0.1) is 10.6 Å². The summed E-state index contributed by atoms with van der Waals surface area (Å²) in [7, 11) is 0. The third kappa shape index (κ3) is 3.55. The highest BCUT2D eigenvalue weighted by atomic mass is 79.9. The van der Waals surface area contributed by atoms with Crippen molar-refractivity contribution in [1.82, 2.24) is 5.32 Å². The molecule has 1 saturated heterocycles. The van der Waals surface area contributed by atoms with E-state index in [0.717, 1.165) is 23.1 Å². The maximum atomic E-state index is 12.7. The van der Waals surface area contributed by atoms with Gasteiger partial charge >= 0.3 is 11.7 Å². The minimum absolute atomic E-state index is 0.140. The molecule has 0 unspecified atom stereocenters. The fourth-order valence-electron chi connectivity index (χ4n) is 2.45. The van der Waals surface area contributed by atoms with E-state index < -0.39 is 34.2 Å². The summed E-state index contributed by atoms with van der Waals surface area (Å²) in [6.07, 6.45) is 1.11. The van der Waals surface area contributed by atoms with Gasteiger partial charge < -0.3 is 5.11 Å². The van der Waals surface area contributed by atoms with Gasteiger partial charge in [0, 0.05) is 10.5 Å². The average molecular weight is 432 g/mol. The first-order valence-electron chi connectivity index (χ1n) is 7.42. The molecule has 0 aromatic heterocycles. The molecule has 9 nitrogen and oxygen atoms in total. The zero-order chi connectivity index (χ0) is 19.7. The van der Waals surface area contributed by atoms with Gasteiger partial charge in [-0.2, -0.15) is 0 Å². The molecule has 3 rings (SSSR count). The molecule has 0 spiro atoms. The SMILES string of the molecule is O=C1NC(=O)N(c2cccc(Br)c2)C(=O)C1=Cc1ccc(O)c([N+](=O)[O-])c1. The molecule has 4 amide bonds. The average Bonchev–Trinajstić information content (AvgIpc) is 2.59. The summed E-state index contributed by atoms with van der Waals surface area (Å²) in [5.74, 6) is -2.35. The molecule has 0 saturated carbocycles. The van der Waals surface area contributed by atoms with Crippen molar-refractivity contribution in [1.29, 1.82) is 0 Å². The topological polar surface area (TPSA) is 130 Å². The number of nitro benzene ring substituents is 1. The Balaban J connectivity index is 2.04. The summed E-state index contributed by atoms with van der Waals surface area (Å²) in [6.45, 7) is 0. The molecule has 0 aliphatic carbocycles. The molecule has 0 bridgehead atoms. The van der Waals surface area contributed by atoms with Crippen molar-refractivity contribution in [3.63, 3.8) is 0 Å². The van der Waals surface area contributed by atoms with Crippen LogP contribution in [0.3, 0.4) is 0 Å². The van der Waals surface area contributed by atoms with Crippen molar-refractivity contribution < 1.29 is 24.4 Å². The minimum atomic E-state index is -0.924. The van der Waals surface area contributed by atoms with Gasteiger partial charge in [0.1, 0.15) is 5.57 Å². The molecule has 2 aromatic carbocycles. The molecule has 1 fully saturated rings. The fraction of sp³-hybridized carbons (Fsp3) is 0. The number of rotatable bonds is 3. The van der Waals surface area contributed by atoms with Crippen LogP contribution in [0.4, 0.5) is 16.2 Å². The van der Waals surface area contributed by atoms with Gasteiger partial charge in [0.2, 0.25) is 0 Å². The lowest BCUT2D eigenvalue weighted by molar-refractivity contribution is -0.385. The van der Waals surface area contributed by atoms with Crippen molar-refractivity contribution >= 4 is 51.2 Å². The largest absolute Gasteiger partial charge is 0.502 e. The van der Waals surface area contributed by atoms with E-state index in [1.807, 2.05) is 0 Å². The first-order chi connectivity index (χ1) is 12.8. The van der Waals surface area contributed by atoms with Crippen LogP contribution in [-0.4, -0.2) is 27.9 Å². The Hall–Kier alpha value is -3.53. The summed E-state index contributed by atoms with van der Waals surface area (Å²) in [5.41, 5.74) is -0.578. The number of phenolic OH excluding ortho intramolecular Hbond substituents is 1. The number of nitrogens with one attached hydrogen (secondary N) is 1. The number of hydrogen-bond donors (Lipinski definition) is 2. The number of nitrogens with zero attached hydrogens (tertiary/aromatic N) is 2. The number of hydrogen-bond acceptors (Lipinski definition) is 6. The van der Waals surface area contributed by atoms with Crippen LogP contribution in [-0.2, 0) is 9.59 Å².